The molecule has 26 heteroatoms. The van der Waals surface area contributed by atoms with Crippen molar-refractivity contribution in [2.75, 3.05) is 76.5 Å². The van der Waals surface area contributed by atoms with E-state index in [4.69, 9.17) is 40.0 Å². The number of ether oxygens (including phenoxy) is 6. The number of carboxylic acid groups (broad SMARTS) is 1. The van der Waals surface area contributed by atoms with Gasteiger partial charge < -0.3 is 72.2 Å². The summed E-state index contributed by atoms with van der Waals surface area (Å²) in [5.41, 5.74) is 1.39. The van der Waals surface area contributed by atoms with Crippen molar-refractivity contribution in [3.63, 3.8) is 0 Å². The second-order valence-electron chi connectivity index (χ2n) is 16.4. The molecule has 0 saturated carbocycles. The number of aliphatic hydroxyl groups excluding tert-OH is 3. The quantitative estimate of drug-likeness (QED) is 0.00695. The number of unbranched alkanes of at least 4 members (excludes halogenated alkanes) is 3. The van der Waals surface area contributed by atoms with Crippen molar-refractivity contribution in [1.29, 1.82) is 5.26 Å². The fourth-order valence-electron chi connectivity index (χ4n) is 6.99. The van der Waals surface area contributed by atoms with Crippen LogP contribution in [0.1, 0.15) is 44.1 Å². The summed E-state index contributed by atoms with van der Waals surface area (Å²) >= 11 is 12.1. The number of pyridine rings is 1. The van der Waals surface area contributed by atoms with Gasteiger partial charge >= 0.3 is 5.97 Å². The van der Waals surface area contributed by atoms with Gasteiger partial charge in [-0.25, -0.2) is 9.36 Å². The number of hydrogen-bond donors (Lipinski definition) is 8. The van der Waals surface area contributed by atoms with Crippen LogP contribution in [0.5, 0.6) is 11.5 Å². The summed E-state index contributed by atoms with van der Waals surface area (Å²) in [7, 11) is 0. The first-order valence-corrected chi connectivity index (χ1v) is 25.4. The lowest BCUT2D eigenvalue weighted by atomic mass is 9.99. The normalized spacial score (nSPS) is 18.5. The van der Waals surface area contributed by atoms with Gasteiger partial charge in [0.15, 0.2) is 31.2 Å². The number of aliphatic hydroxyl groups is 3. The molecule has 5 rings (SSSR count). The highest BCUT2D eigenvalue weighted by molar-refractivity contribution is 9.14. The summed E-state index contributed by atoms with van der Waals surface area (Å²) in [5, 5.41) is 61.7. The van der Waals surface area contributed by atoms with Gasteiger partial charge in [0.25, 0.3) is 11.8 Å². The van der Waals surface area contributed by atoms with Gasteiger partial charge in [-0.2, -0.15) is 5.26 Å². The highest BCUT2D eigenvalue weighted by Crippen LogP contribution is 2.32. The van der Waals surface area contributed by atoms with Crippen molar-refractivity contribution in [2.24, 2.45) is 4.99 Å². The SMILES string of the molecule is N#CNC(=NCCCCCCOc1ccc(Cl)cc1)Nc1cc[n+](Cc2ccc(O[C@@H]3O[C@H](C(=O)O)[C@@H](O)[C@H](O)[C@H]3O)c(NC(=O)CCNC(=O)CCOCCOCCOCCN3C(=O)C(Br)=C(Br)C3=O)c2)cc1.[CH3-]. The molecular formula is C49H61Br2ClN8O15. The average molecular weight is 1200 g/mol. The lowest BCUT2D eigenvalue weighted by molar-refractivity contribution is -0.688. The Morgan fingerprint density at radius 3 is 2.12 bits per heavy atom. The maximum Gasteiger partial charge on any atom is 0.335 e. The molecule has 408 valence electrons. The van der Waals surface area contributed by atoms with Crippen LogP contribution in [0.25, 0.3) is 0 Å². The molecule has 2 aromatic carbocycles. The number of imide groups is 1. The number of nitriles is 1. The van der Waals surface area contributed by atoms with E-state index in [9.17, 15) is 49.7 Å². The van der Waals surface area contributed by atoms with E-state index in [0.29, 0.717) is 29.4 Å². The maximum absolute atomic E-state index is 13.2. The molecule has 23 nitrogen and oxygen atoms in total. The molecule has 75 heavy (non-hydrogen) atoms. The molecule has 0 unspecified atom stereocenters. The number of benzene rings is 2. The Kier molecular flexibility index (Phi) is 26.8. The van der Waals surface area contributed by atoms with Gasteiger partial charge in [0.05, 0.1) is 64.2 Å². The smallest absolute Gasteiger partial charge is 0.335 e. The molecule has 3 heterocycles. The third-order valence-corrected chi connectivity index (χ3v) is 13.1. The molecule has 0 bridgehead atoms. The van der Waals surface area contributed by atoms with Gasteiger partial charge in [-0.15, -0.1) is 0 Å². The third-order valence-electron chi connectivity index (χ3n) is 10.9. The Morgan fingerprint density at radius 2 is 1.45 bits per heavy atom. The summed E-state index contributed by atoms with van der Waals surface area (Å²) in [6.07, 6.45) is -0.580. The fraction of sp³-hybridized carbons (Fsp3) is 0.449. The minimum absolute atomic E-state index is 0. The molecule has 1 saturated heterocycles. The van der Waals surface area contributed by atoms with Crippen LogP contribution in [0.4, 0.5) is 11.4 Å². The second-order valence-corrected chi connectivity index (χ2v) is 18.4. The summed E-state index contributed by atoms with van der Waals surface area (Å²) in [6.45, 7) is 2.53. The Bertz CT molecular complexity index is 2440. The molecule has 8 N–H and O–H groups in total. The summed E-state index contributed by atoms with van der Waals surface area (Å²) in [5.74, 6) is -2.41. The van der Waals surface area contributed by atoms with Gasteiger partial charge in [-0.05, 0) is 93.6 Å². The number of nitrogens with zero attached hydrogens (tertiary/aromatic N) is 4. The minimum atomic E-state index is -1.95. The van der Waals surface area contributed by atoms with Crippen LogP contribution in [0, 0.1) is 18.9 Å². The van der Waals surface area contributed by atoms with Gasteiger partial charge in [-0.1, -0.05) is 18.0 Å². The Labute approximate surface area is 455 Å². The van der Waals surface area contributed by atoms with Gasteiger partial charge in [0.1, 0.15) is 38.8 Å². The van der Waals surface area contributed by atoms with E-state index in [-0.39, 0.29) is 112 Å². The number of carbonyl (C=O) groups is 5. The van der Waals surface area contributed by atoms with Crippen LogP contribution in [0.3, 0.4) is 0 Å². The summed E-state index contributed by atoms with van der Waals surface area (Å²) in [6, 6.07) is 15.5. The zero-order valence-corrected chi connectivity index (χ0v) is 44.9. The van der Waals surface area contributed by atoms with E-state index >= 15 is 0 Å². The van der Waals surface area contributed by atoms with E-state index in [1.54, 1.807) is 48.8 Å². The molecule has 3 aromatic rings. The zero-order valence-electron chi connectivity index (χ0n) is 41.0. The average Bonchev–Trinajstić information content (AvgIpc) is 3.56. The molecule has 4 amide bonds. The largest absolute Gasteiger partial charge is 0.494 e. The van der Waals surface area contributed by atoms with Crippen molar-refractivity contribution < 1.29 is 77.4 Å². The molecule has 0 spiro atoms. The number of guanidine groups is 1. The van der Waals surface area contributed by atoms with Crippen molar-refractivity contribution in [3.8, 4) is 17.7 Å². The Hall–Kier alpha value is -5.79. The van der Waals surface area contributed by atoms with Crippen LogP contribution in [-0.2, 0) is 49.5 Å². The number of carboxylic acids is 1. The second kappa shape index (κ2) is 32.6. The van der Waals surface area contributed by atoms with Crippen molar-refractivity contribution >= 4 is 90.4 Å². The van der Waals surface area contributed by atoms with E-state index in [0.717, 1.165) is 36.3 Å². The van der Waals surface area contributed by atoms with Crippen LogP contribution < -0.4 is 35.3 Å². The van der Waals surface area contributed by atoms with Crippen LogP contribution >= 0.6 is 43.5 Å². The number of anilines is 2. The predicted molar refractivity (Wildman–Crippen MR) is 279 cm³/mol. The van der Waals surface area contributed by atoms with E-state index < -0.39 is 54.4 Å². The van der Waals surface area contributed by atoms with E-state index in [1.807, 2.05) is 22.9 Å². The Balaban J connectivity index is 0.0000122. The topological polar surface area (TPSA) is 313 Å². The number of aliphatic imine (C=N–C) groups is 1. The lowest BCUT2D eigenvalue weighted by Gasteiger charge is -2.38. The molecule has 0 radical (unpaired) electrons. The minimum Gasteiger partial charge on any atom is -0.494 e. The van der Waals surface area contributed by atoms with Gasteiger partial charge in [0, 0.05) is 48.6 Å². The Morgan fingerprint density at radius 1 is 0.800 bits per heavy atom. The van der Waals surface area contributed by atoms with Gasteiger partial charge in [-0.3, -0.25) is 34.4 Å². The summed E-state index contributed by atoms with van der Waals surface area (Å²) in [4.78, 5) is 67.1. The number of carbonyl (C=O) groups excluding carboxylic acids is 4. The highest BCUT2D eigenvalue weighted by Gasteiger charge is 2.48. The highest BCUT2D eigenvalue weighted by atomic mass is 79.9. The fourth-order valence-corrected chi connectivity index (χ4v) is 7.88. The maximum atomic E-state index is 13.2. The number of nitrogens with one attached hydrogen (secondary N) is 4. The number of halogens is 3. The molecule has 1 fully saturated rings. The number of hydrogen-bond acceptors (Lipinski definition) is 16. The molecule has 0 aliphatic carbocycles. The first kappa shape index (κ1) is 61.8. The first-order chi connectivity index (χ1) is 35.6. The zero-order chi connectivity index (χ0) is 53.4. The van der Waals surface area contributed by atoms with Crippen molar-refractivity contribution in [1.82, 2.24) is 15.5 Å². The molecule has 2 aliphatic heterocycles. The molecule has 1 aromatic heterocycles. The first-order valence-electron chi connectivity index (χ1n) is 23.4. The summed E-state index contributed by atoms with van der Waals surface area (Å²) < 4.78 is 35.3. The van der Waals surface area contributed by atoms with Gasteiger partial charge in [0.2, 0.25) is 24.1 Å². The number of aromatic nitrogens is 1. The van der Waals surface area contributed by atoms with Crippen molar-refractivity contribution in [3.05, 3.63) is 94.0 Å². The number of rotatable bonds is 30. The number of aliphatic carboxylic acids is 1. The van der Waals surface area contributed by atoms with E-state index in [2.05, 4.69) is 58.1 Å². The standard InChI is InChI=1S/C48H57Br2ClN8O15.CH3/c49-38-39(50)45(66)59(44(38)65)19-22-70-24-26-71-25-23-69-21-14-36(60)53-16-11-37(61)57-34-27-30(5-10-35(34)73-47-42(64)40(62)41(63)43(74-47)46(67)68)28-58-17-12-32(13-18-58)56-48(55-29-52)54-15-3-1-2-4-20-72-33-8-6-31(51)7-9-33;/h5-10,12-13,17-18,27,40-43,47,62-64H,1-4,11,14-16,19-26,28H2,(H4,53,54,55,57,60,61,67,68);1H3/q;-1/p+1/t40-,41-,42+,43-,47+;/m0./s1. The predicted octanol–water partition coefficient (Wildman–Crippen LogP) is 3.13. The lowest BCUT2D eigenvalue weighted by Crippen LogP contribution is -2.61. The van der Waals surface area contributed by atoms with Crippen molar-refractivity contribution in [2.45, 2.75) is 75.8 Å². The van der Waals surface area contributed by atoms with Crippen LogP contribution in [0.2, 0.25) is 5.02 Å². The van der Waals surface area contributed by atoms with E-state index in [1.165, 1.54) is 6.07 Å². The van der Waals surface area contributed by atoms with Crippen LogP contribution in [-0.4, -0.2) is 157 Å². The number of amides is 4. The molecular weight excluding hydrogens is 1140 g/mol. The van der Waals surface area contributed by atoms with Crippen LogP contribution in [0.15, 0.2) is 80.9 Å². The molecule has 5 atom stereocenters. The third kappa shape index (κ3) is 20.4. The molecule has 2 aliphatic rings. The monoisotopic (exact) mass is 1190 g/mol.